The Kier molecular flexibility index (Phi) is 49.2. The van der Waals surface area contributed by atoms with Crippen LogP contribution < -0.4 is 32.3 Å². The van der Waals surface area contributed by atoms with Gasteiger partial charge in [-0.05, 0) is 128 Å². The topological polar surface area (TPSA) is 257 Å². The first-order valence-corrected chi connectivity index (χ1v) is 49.7. The van der Waals surface area contributed by atoms with Crippen molar-refractivity contribution in [3.8, 4) is 0 Å². The third-order valence-corrected chi connectivity index (χ3v) is 21.8. The van der Waals surface area contributed by atoms with Gasteiger partial charge in [0.25, 0.3) is 0 Å². The smallest absolute Gasteiger partial charge is 0.407 e. The normalized spacial score (nSPS) is 12.5. The fourth-order valence-corrected chi connectivity index (χ4v) is 14.6. The van der Waals surface area contributed by atoms with Gasteiger partial charge in [-0.25, -0.2) is 24.2 Å². The number of alkyl halides is 1. The van der Waals surface area contributed by atoms with Crippen LogP contribution in [0.4, 0.5) is 19.2 Å². The van der Waals surface area contributed by atoms with E-state index in [-0.39, 0.29) is 98.0 Å². The van der Waals surface area contributed by atoms with Crippen LogP contribution in [-0.2, 0) is 83.9 Å². The summed E-state index contributed by atoms with van der Waals surface area (Å²) in [6.45, 7) is 9.07. The molecule has 0 radical (unpaired) electrons. The molecule has 0 aliphatic heterocycles. The van der Waals surface area contributed by atoms with Crippen LogP contribution >= 0.6 is 129 Å². The highest BCUT2D eigenvalue weighted by molar-refractivity contribution is 15.0. The maximum atomic E-state index is 14.2. The quantitative estimate of drug-likeness (QED) is 0.0120. The predicted octanol–water partition coefficient (Wildman–Crippen LogP) is 19.6. The number of hydrogen-bond donors (Lipinski definition) is 6. The number of thiazole rings is 4. The Bertz CT molecular complexity index is 4160. The lowest BCUT2D eigenvalue weighted by Crippen LogP contribution is -2.55. The van der Waals surface area contributed by atoms with Gasteiger partial charge in [-0.2, -0.15) is 0 Å². The summed E-state index contributed by atoms with van der Waals surface area (Å²) in [5.41, 5.74) is 19.5. The van der Waals surface area contributed by atoms with E-state index < -0.39 is 18.2 Å². The van der Waals surface area contributed by atoms with E-state index in [4.69, 9.17) is 19.9 Å². The van der Waals surface area contributed by atoms with Crippen molar-refractivity contribution in [2.75, 3.05) is 26.1 Å². The predicted molar refractivity (Wildman–Crippen MR) is 502 cm³/mol. The van der Waals surface area contributed by atoms with Crippen molar-refractivity contribution in [3.63, 3.8) is 0 Å². The lowest BCUT2D eigenvalue weighted by atomic mass is 9.94. The number of alkyl carbamates (subject to hydrolysis) is 3. The molecule has 614 valence electrons. The van der Waals surface area contributed by atoms with Crippen molar-refractivity contribution >= 4 is 159 Å². The zero-order valence-electron chi connectivity index (χ0n) is 66.1. The summed E-state index contributed by atoms with van der Waals surface area (Å²) in [4.78, 5) is 89.9. The Morgan fingerprint density at radius 2 is 0.789 bits per heavy atom. The molecule has 7 N–H and O–H groups in total. The van der Waals surface area contributed by atoms with E-state index in [9.17, 15) is 24.0 Å². The number of carbonyl (C=O) groups excluding carboxylic acids is 5. The molecule has 0 saturated heterocycles. The Hall–Kier alpha value is -6.77. The van der Waals surface area contributed by atoms with Crippen molar-refractivity contribution < 1.29 is 38.2 Å². The molecule has 0 aliphatic carbocycles. The highest BCUT2D eigenvalue weighted by Crippen LogP contribution is 2.24. The van der Waals surface area contributed by atoms with E-state index in [1.54, 1.807) is 63.3 Å². The molecule has 10 aromatic rings. The highest BCUT2D eigenvalue weighted by atomic mass is 128. The summed E-state index contributed by atoms with van der Waals surface area (Å²) < 4.78 is 16.2. The number of ether oxygens (including phenoxy) is 3. The third kappa shape index (κ3) is 39.0. The SMILES string of the molecule is CC(C)c1nc(CN(C)C(=O)N[C@H](C(=O)N(C)[C@H](CC[C@H](Cc2ccccc2)NC(=O)OCc2cncs2)Cc2ccccc2)C(C)C)cs1.CI.CN[C@H](CC[C@H](Cc1ccccc1)NC(=O)OCc1cncs1)Cc1ccccc1.I.II.N[C@H](CC[C@H](Cc1ccccc1)NC(=O)OCc1cncs1)Cc1ccccc1. The Morgan fingerprint density at radius 1 is 0.456 bits per heavy atom. The maximum Gasteiger partial charge on any atom is 0.407 e. The molecule has 114 heavy (non-hydrogen) atoms. The second-order valence-electron chi connectivity index (χ2n) is 27.7. The van der Waals surface area contributed by atoms with E-state index in [2.05, 4.69) is 193 Å². The van der Waals surface area contributed by atoms with Gasteiger partial charge >= 0.3 is 24.3 Å². The van der Waals surface area contributed by atoms with Crippen molar-refractivity contribution in [2.24, 2.45) is 11.7 Å². The summed E-state index contributed by atoms with van der Waals surface area (Å²) >= 11 is 12.4. The summed E-state index contributed by atoms with van der Waals surface area (Å²) in [6.07, 6.45) is 13.0. The maximum absolute atomic E-state index is 14.2. The van der Waals surface area contributed by atoms with Gasteiger partial charge in [0.05, 0.1) is 48.4 Å². The number of aromatic nitrogens is 4. The Labute approximate surface area is 744 Å². The van der Waals surface area contributed by atoms with Crippen LogP contribution in [0.25, 0.3) is 0 Å². The zero-order valence-corrected chi connectivity index (χ0v) is 78.1. The van der Waals surface area contributed by atoms with Crippen molar-refractivity contribution in [2.45, 2.75) is 179 Å². The number of nitrogens with one attached hydrogen (secondary N) is 5. The van der Waals surface area contributed by atoms with Crippen LogP contribution in [0.5, 0.6) is 0 Å². The molecule has 6 amide bonds. The van der Waals surface area contributed by atoms with Gasteiger partial charge in [0.1, 0.15) is 25.9 Å². The average molecular weight is 2080 g/mol. The van der Waals surface area contributed by atoms with Gasteiger partial charge < -0.3 is 56.3 Å². The lowest BCUT2D eigenvalue weighted by Gasteiger charge is -2.34. The van der Waals surface area contributed by atoms with E-state index in [1.165, 1.54) is 56.3 Å². The number of rotatable bonds is 38. The Balaban J connectivity index is 0.000000313. The second-order valence-corrected chi connectivity index (χ2v) is 31.5. The molecule has 4 aromatic heterocycles. The molecule has 20 nitrogen and oxygen atoms in total. The van der Waals surface area contributed by atoms with Crippen LogP contribution in [0.15, 0.2) is 222 Å². The molecular weight excluding hydrogens is 1960 g/mol. The first-order valence-electron chi connectivity index (χ1n) is 37.7. The number of carbonyl (C=O) groups is 5. The summed E-state index contributed by atoms with van der Waals surface area (Å²) in [7, 11) is 5.53. The molecule has 0 unspecified atom stereocenters. The van der Waals surface area contributed by atoms with Crippen LogP contribution in [0.1, 0.15) is 131 Å². The fraction of sp³-hybridized carbons (Fsp3) is 0.384. The number of benzene rings is 6. The molecule has 0 aliphatic rings. The molecule has 6 aromatic carbocycles. The van der Waals surface area contributed by atoms with Crippen LogP contribution in [0.2, 0.25) is 0 Å². The third-order valence-electron chi connectivity index (χ3n) is 18.3. The fourth-order valence-electron chi connectivity index (χ4n) is 12.3. The highest BCUT2D eigenvalue weighted by Gasteiger charge is 2.33. The van der Waals surface area contributed by atoms with Crippen LogP contribution in [0, 0.1) is 5.92 Å². The van der Waals surface area contributed by atoms with Crippen LogP contribution in [0.3, 0.4) is 0 Å². The van der Waals surface area contributed by atoms with Crippen molar-refractivity contribution in [1.29, 1.82) is 0 Å². The monoisotopic (exact) mass is 2070 g/mol. The van der Waals surface area contributed by atoms with Crippen molar-refractivity contribution in [3.05, 3.63) is 281 Å². The van der Waals surface area contributed by atoms with E-state index in [0.717, 1.165) is 87.8 Å². The lowest BCUT2D eigenvalue weighted by molar-refractivity contribution is -0.135. The number of halogens is 4. The van der Waals surface area contributed by atoms with Gasteiger partial charge in [0.2, 0.25) is 5.91 Å². The number of hydrogen-bond acceptors (Lipinski definition) is 18. The number of likely N-dealkylation sites (N-methyl/N-ethyl adjacent to an activating group) is 2. The molecular formula is C86H110I4N12O8S4. The molecule has 0 saturated carbocycles. The van der Waals surface area contributed by atoms with Gasteiger partial charge in [0.15, 0.2) is 0 Å². The number of amides is 6. The summed E-state index contributed by atoms with van der Waals surface area (Å²) in [6, 6.07) is 60.1. The first-order chi connectivity index (χ1) is 54.9. The number of urea groups is 1. The Morgan fingerprint density at radius 3 is 1.12 bits per heavy atom. The molecule has 0 spiro atoms. The van der Waals surface area contributed by atoms with Gasteiger partial charge in [-0.3, -0.25) is 19.7 Å². The minimum Gasteiger partial charge on any atom is -0.444 e. The summed E-state index contributed by atoms with van der Waals surface area (Å²) in [5.74, 6) is 0.0184. The molecule has 4 heterocycles. The van der Waals surface area contributed by atoms with Gasteiger partial charge in [-0.15, -0.1) is 69.3 Å². The molecule has 28 heteroatoms. The molecule has 0 bridgehead atoms. The van der Waals surface area contributed by atoms with Crippen LogP contribution in [-0.4, -0.2) is 128 Å². The van der Waals surface area contributed by atoms with E-state index in [1.807, 2.05) is 147 Å². The molecule has 10 rings (SSSR count). The van der Waals surface area contributed by atoms with Gasteiger partial charge in [-0.1, -0.05) is 232 Å². The number of nitrogens with two attached hydrogens (primary N) is 1. The van der Waals surface area contributed by atoms with E-state index in [0.29, 0.717) is 44.2 Å². The minimum absolute atomic E-state index is 0. The standard InChI is InChI=1S/C38H50N6O4S2.C24H29N3O2S.C23H27N3O2S.CH3I.I2.HI/c1-26(2)34(42-37(46)43(5)22-31-24-49-35(40-31)27(3)4)36(45)44(6)32(20-29-15-11-8-12-16-29)18-17-30(19-28-13-9-7-10-14-28)41-38(47)48-23-33-21-39-25-50-33;1-25-21(14-19-8-4-2-5-9-19)12-13-22(15-20-10-6-3-7-11-20)27-24(28)29-17-23-16-26-18-30-23;24-20(13-18-7-3-1-4-8-18)11-12-21(14-19-9-5-2-6-10-19)26-23(27)28-16-22-15-25-17-29-22;2*1-2;/h7-16,21,24-27,30,32,34H,17-20,22-23H2,1-6H3,(H,41,47)(H,42,46);2-11,16,18,21-22,25H,12-15,17H2,1H3,(H,27,28);1-10,15,17,20-21H,11-14,16,24H2,(H,26,27);1H3;;1H/t30-,32-,34+;21-,22-;20-,21-;;;/m111.../s1. The van der Waals surface area contributed by atoms with E-state index >= 15 is 0 Å². The number of nitrogens with zero attached hydrogens (tertiary/aromatic N) is 6. The largest absolute Gasteiger partial charge is 0.444 e. The van der Waals surface area contributed by atoms with Gasteiger partial charge in [0, 0.05) is 117 Å². The average Bonchev–Trinajstić information content (AvgIpc) is 0.919. The summed E-state index contributed by atoms with van der Waals surface area (Å²) in [5, 5.41) is 18.6. The molecule has 0 fully saturated rings. The van der Waals surface area contributed by atoms with Crippen molar-refractivity contribution in [1.82, 2.24) is 56.3 Å². The first kappa shape index (κ1) is 97.8. The zero-order chi connectivity index (χ0) is 81.4. The molecule has 7 atom stereocenters. The second kappa shape index (κ2) is 57.3. The minimum atomic E-state index is -0.727.